The fourth-order valence-electron chi connectivity index (χ4n) is 4.95. The summed E-state index contributed by atoms with van der Waals surface area (Å²) in [6.07, 6.45) is 2.24. The summed E-state index contributed by atoms with van der Waals surface area (Å²) in [7, 11) is 1.64. The summed E-state index contributed by atoms with van der Waals surface area (Å²) in [4.78, 5) is 37.4. The van der Waals surface area contributed by atoms with Gasteiger partial charge in [-0.2, -0.15) is 0 Å². The van der Waals surface area contributed by atoms with Crippen molar-refractivity contribution >= 4 is 33.5 Å². The van der Waals surface area contributed by atoms with Crippen LogP contribution in [0.4, 0.5) is 0 Å². The van der Waals surface area contributed by atoms with Gasteiger partial charge in [-0.3, -0.25) is 14.4 Å². The molecular weight excluding hydrogens is 502 g/mol. The highest BCUT2D eigenvalue weighted by atomic mass is 79.9. The SMILES string of the molecule is COCC1CNC(C(=O)OCC(=O)c2ccc3c(c2)COc2cc4c(cc2-3)CCC(Br)C4=O)C1. The first-order valence-electron chi connectivity index (χ1n) is 11.5. The Hall–Kier alpha value is -2.55. The van der Waals surface area contributed by atoms with Crippen molar-refractivity contribution in [2.45, 2.75) is 36.7 Å². The summed E-state index contributed by atoms with van der Waals surface area (Å²) < 4.78 is 16.4. The number of halogens is 1. The number of ketones is 2. The number of alkyl halides is 1. The first-order valence-corrected chi connectivity index (χ1v) is 12.4. The molecule has 1 aliphatic carbocycles. The largest absolute Gasteiger partial charge is 0.488 e. The van der Waals surface area contributed by atoms with E-state index in [4.69, 9.17) is 14.2 Å². The van der Waals surface area contributed by atoms with Crippen molar-refractivity contribution in [1.29, 1.82) is 0 Å². The van der Waals surface area contributed by atoms with Crippen molar-refractivity contribution in [2.75, 3.05) is 26.9 Å². The van der Waals surface area contributed by atoms with Crippen molar-refractivity contribution < 1.29 is 28.6 Å². The van der Waals surface area contributed by atoms with E-state index in [0.29, 0.717) is 43.1 Å². The lowest BCUT2D eigenvalue weighted by molar-refractivity contribution is -0.144. The molecule has 3 atom stereocenters. The number of fused-ring (bicyclic) bond motifs is 4. The molecule has 1 fully saturated rings. The molecule has 2 heterocycles. The summed E-state index contributed by atoms with van der Waals surface area (Å²) in [5, 5.41) is 3.13. The number of methoxy groups -OCH3 is 1. The van der Waals surface area contributed by atoms with Crippen LogP contribution in [0.15, 0.2) is 30.3 Å². The van der Waals surface area contributed by atoms with Crippen LogP contribution in [0.1, 0.15) is 44.7 Å². The molecule has 7 nitrogen and oxygen atoms in total. The molecule has 178 valence electrons. The molecule has 0 spiro atoms. The van der Waals surface area contributed by atoms with E-state index in [1.165, 1.54) is 0 Å². The molecule has 34 heavy (non-hydrogen) atoms. The molecule has 0 bridgehead atoms. The van der Waals surface area contributed by atoms with E-state index in [-0.39, 0.29) is 28.9 Å². The van der Waals surface area contributed by atoms with Gasteiger partial charge < -0.3 is 19.5 Å². The minimum Gasteiger partial charge on any atom is -0.488 e. The number of benzene rings is 2. The summed E-state index contributed by atoms with van der Waals surface area (Å²) in [6, 6.07) is 8.94. The standard InChI is InChI=1S/C26H26BrNO6/c1-32-11-14-6-22(28-10-14)26(31)34-13-23(29)16-2-4-18-17(7-16)12-33-24-9-19-15(8-20(18)24)3-5-21(27)25(19)30/h2,4,7-9,14,21-22,28H,3,5-6,10-13H2,1H3. The minimum absolute atomic E-state index is 0.0935. The first-order chi connectivity index (χ1) is 16.4. The average molecular weight is 528 g/mol. The van der Waals surface area contributed by atoms with Gasteiger partial charge in [0.2, 0.25) is 0 Å². The lowest BCUT2D eigenvalue weighted by Crippen LogP contribution is -2.33. The van der Waals surface area contributed by atoms with Gasteiger partial charge in [0, 0.05) is 30.3 Å². The third kappa shape index (κ3) is 4.42. The van der Waals surface area contributed by atoms with E-state index >= 15 is 0 Å². The van der Waals surface area contributed by atoms with Crippen molar-refractivity contribution in [2.24, 2.45) is 5.92 Å². The lowest BCUT2D eigenvalue weighted by Gasteiger charge is -2.26. The van der Waals surface area contributed by atoms with E-state index in [9.17, 15) is 14.4 Å². The molecule has 8 heteroatoms. The van der Waals surface area contributed by atoms with Gasteiger partial charge in [0.1, 0.15) is 18.4 Å². The molecule has 0 amide bonds. The van der Waals surface area contributed by atoms with Crippen LogP contribution in [0, 0.1) is 5.92 Å². The highest BCUT2D eigenvalue weighted by Gasteiger charge is 2.31. The molecule has 1 saturated heterocycles. The molecule has 3 aliphatic rings. The van der Waals surface area contributed by atoms with Crippen molar-refractivity contribution in [3.05, 3.63) is 52.6 Å². The number of esters is 1. The van der Waals surface area contributed by atoms with Gasteiger partial charge in [-0.1, -0.05) is 28.1 Å². The molecule has 2 aromatic carbocycles. The zero-order valence-corrected chi connectivity index (χ0v) is 20.5. The van der Waals surface area contributed by atoms with Crippen LogP contribution in [0.3, 0.4) is 0 Å². The van der Waals surface area contributed by atoms with Gasteiger partial charge in [0.05, 0.1) is 11.4 Å². The number of Topliss-reactive ketones (excluding diaryl/α,β-unsaturated/α-hetero) is 2. The molecule has 0 aromatic heterocycles. The van der Waals surface area contributed by atoms with Crippen molar-refractivity contribution in [3.8, 4) is 16.9 Å². The van der Waals surface area contributed by atoms with E-state index in [2.05, 4.69) is 21.2 Å². The van der Waals surface area contributed by atoms with E-state index < -0.39 is 12.0 Å². The normalized spacial score (nSPS) is 22.9. The van der Waals surface area contributed by atoms with Crippen LogP contribution < -0.4 is 10.1 Å². The molecule has 5 rings (SSSR count). The Bertz CT molecular complexity index is 1160. The smallest absolute Gasteiger partial charge is 0.323 e. The Labute approximate surface area is 206 Å². The monoisotopic (exact) mass is 527 g/mol. The second-order valence-electron chi connectivity index (χ2n) is 9.09. The number of hydrogen-bond acceptors (Lipinski definition) is 7. The Balaban J connectivity index is 1.28. The molecule has 0 radical (unpaired) electrons. The van der Waals surface area contributed by atoms with Gasteiger partial charge in [0.25, 0.3) is 0 Å². The quantitative estimate of drug-likeness (QED) is 0.349. The van der Waals surface area contributed by atoms with Crippen molar-refractivity contribution in [1.82, 2.24) is 5.32 Å². The summed E-state index contributed by atoms with van der Waals surface area (Å²) in [5.74, 6) is 0.382. The number of carbonyl (C=O) groups excluding carboxylic acids is 3. The second kappa shape index (κ2) is 9.60. The second-order valence-corrected chi connectivity index (χ2v) is 10.2. The fraction of sp³-hybridized carbons (Fsp3) is 0.423. The van der Waals surface area contributed by atoms with Crippen LogP contribution in [-0.4, -0.2) is 55.3 Å². The molecule has 0 saturated carbocycles. The maximum atomic E-state index is 12.7. The van der Waals surface area contributed by atoms with Crippen molar-refractivity contribution in [3.63, 3.8) is 0 Å². The zero-order valence-electron chi connectivity index (χ0n) is 18.9. The maximum absolute atomic E-state index is 12.7. The molecule has 2 aliphatic heterocycles. The minimum atomic E-state index is -0.410. The van der Waals surface area contributed by atoms with Gasteiger partial charge in [0.15, 0.2) is 18.2 Å². The highest BCUT2D eigenvalue weighted by Crippen LogP contribution is 2.41. The Morgan fingerprint density at radius 1 is 1.15 bits per heavy atom. The summed E-state index contributed by atoms with van der Waals surface area (Å²) >= 11 is 3.45. The summed E-state index contributed by atoms with van der Waals surface area (Å²) in [6.45, 7) is 1.29. The average Bonchev–Trinajstić information content (AvgIpc) is 3.32. The topological polar surface area (TPSA) is 90.9 Å². The zero-order chi connectivity index (χ0) is 23.8. The van der Waals surface area contributed by atoms with Crippen LogP contribution in [0.2, 0.25) is 0 Å². The highest BCUT2D eigenvalue weighted by molar-refractivity contribution is 9.10. The third-order valence-corrected chi connectivity index (χ3v) is 7.65. The number of aryl methyl sites for hydroxylation is 1. The molecular formula is C26H26BrNO6. The fourth-order valence-corrected chi connectivity index (χ4v) is 5.42. The van der Waals surface area contributed by atoms with Crippen LogP contribution in [0.25, 0.3) is 11.1 Å². The summed E-state index contributed by atoms with van der Waals surface area (Å²) in [5.41, 5.74) is 5.04. The molecule has 3 unspecified atom stereocenters. The maximum Gasteiger partial charge on any atom is 0.323 e. The Kier molecular flexibility index (Phi) is 6.55. The van der Waals surface area contributed by atoms with Crippen LogP contribution >= 0.6 is 15.9 Å². The van der Waals surface area contributed by atoms with Gasteiger partial charge in [-0.25, -0.2) is 0 Å². The van der Waals surface area contributed by atoms with Gasteiger partial charge in [-0.05, 0) is 60.1 Å². The number of carbonyl (C=O) groups is 3. The first kappa shape index (κ1) is 23.2. The molecule has 2 aromatic rings. The number of hydrogen-bond donors (Lipinski definition) is 1. The van der Waals surface area contributed by atoms with Gasteiger partial charge >= 0.3 is 5.97 Å². The molecule has 1 N–H and O–H groups in total. The van der Waals surface area contributed by atoms with E-state index in [1.54, 1.807) is 19.2 Å². The lowest BCUT2D eigenvalue weighted by atomic mass is 9.85. The predicted molar refractivity (Wildman–Crippen MR) is 129 cm³/mol. The van der Waals surface area contributed by atoms with E-state index in [1.807, 2.05) is 18.2 Å². The Morgan fingerprint density at radius 2 is 2.00 bits per heavy atom. The van der Waals surface area contributed by atoms with E-state index in [0.717, 1.165) is 35.1 Å². The Morgan fingerprint density at radius 3 is 2.82 bits per heavy atom. The van der Waals surface area contributed by atoms with Gasteiger partial charge in [-0.15, -0.1) is 0 Å². The number of nitrogens with one attached hydrogen (secondary N) is 1. The predicted octanol–water partition coefficient (Wildman–Crippen LogP) is 3.49. The van der Waals surface area contributed by atoms with Crippen LogP contribution in [0.5, 0.6) is 5.75 Å². The van der Waals surface area contributed by atoms with Crippen LogP contribution in [-0.2, 0) is 27.3 Å². The number of rotatable bonds is 6. The number of ether oxygens (including phenoxy) is 3. The third-order valence-electron chi connectivity index (χ3n) is 6.78.